The van der Waals surface area contributed by atoms with Gasteiger partial charge in [-0.2, -0.15) is 0 Å². The standard InChI is InChI=1S/C11H21NO2.ClH/c1-9(12(2)3)14-11(13)10-7-5-4-6-8-10;/h9-10H,4-8H2,1-3H3;1H. The first kappa shape index (κ1) is 14.7. The lowest BCUT2D eigenvalue weighted by Crippen LogP contribution is -2.33. The van der Waals surface area contributed by atoms with Crippen LogP contribution in [-0.2, 0) is 9.53 Å². The van der Waals surface area contributed by atoms with Gasteiger partial charge >= 0.3 is 5.97 Å². The third-order valence-corrected chi connectivity index (χ3v) is 2.95. The molecule has 1 atom stereocenters. The average molecular weight is 236 g/mol. The minimum atomic E-state index is -0.107. The lowest BCUT2D eigenvalue weighted by molar-refractivity contribution is -0.161. The molecule has 0 aromatic carbocycles. The second kappa shape index (κ2) is 7.07. The summed E-state index contributed by atoms with van der Waals surface area (Å²) in [5.41, 5.74) is 0. The van der Waals surface area contributed by atoms with Gasteiger partial charge in [0.05, 0.1) is 5.92 Å². The molecule has 1 rings (SSSR count). The lowest BCUT2D eigenvalue weighted by Gasteiger charge is -2.25. The van der Waals surface area contributed by atoms with E-state index in [4.69, 9.17) is 4.74 Å². The van der Waals surface area contributed by atoms with E-state index in [9.17, 15) is 4.79 Å². The van der Waals surface area contributed by atoms with Crippen molar-refractivity contribution >= 4 is 18.4 Å². The Labute approximate surface area is 98.6 Å². The zero-order valence-corrected chi connectivity index (χ0v) is 10.7. The van der Waals surface area contributed by atoms with Crippen molar-refractivity contribution in [3.05, 3.63) is 0 Å². The van der Waals surface area contributed by atoms with Gasteiger partial charge in [0.15, 0.2) is 6.23 Å². The second-order valence-corrected chi connectivity index (χ2v) is 4.33. The number of hydrogen-bond acceptors (Lipinski definition) is 3. The van der Waals surface area contributed by atoms with E-state index in [1.165, 1.54) is 19.3 Å². The van der Waals surface area contributed by atoms with Gasteiger partial charge in [-0.3, -0.25) is 9.69 Å². The number of halogens is 1. The molecular weight excluding hydrogens is 214 g/mol. The van der Waals surface area contributed by atoms with Crippen LogP contribution in [0.5, 0.6) is 0 Å². The van der Waals surface area contributed by atoms with Crippen LogP contribution in [0.1, 0.15) is 39.0 Å². The Hall–Kier alpha value is -0.280. The molecule has 3 nitrogen and oxygen atoms in total. The van der Waals surface area contributed by atoms with Crippen molar-refractivity contribution in [2.24, 2.45) is 5.92 Å². The molecular formula is C11H22ClNO2. The Balaban J connectivity index is 0.00000196. The van der Waals surface area contributed by atoms with Crippen molar-refractivity contribution in [3.63, 3.8) is 0 Å². The molecule has 0 bridgehead atoms. The van der Waals surface area contributed by atoms with Crippen LogP contribution in [0.3, 0.4) is 0 Å². The van der Waals surface area contributed by atoms with E-state index in [-0.39, 0.29) is 30.5 Å². The van der Waals surface area contributed by atoms with E-state index < -0.39 is 0 Å². The van der Waals surface area contributed by atoms with E-state index in [1.54, 1.807) is 0 Å². The van der Waals surface area contributed by atoms with Crippen LogP contribution in [0.2, 0.25) is 0 Å². The summed E-state index contributed by atoms with van der Waals surface area (Å²) in [6, 6.07) is 0. The fourth-order valence-corrected chi connectivity index (χ4v) is 1.71. The molecule has 15 heavy (non-hydrogen) atoms. The first-order valence-corrected chi connectivity index (χ1v) is 5.48. The minimum Gasteiger partial charge on any atom is -0.446 e. The molecule has 0 spiro atoms. The van der Waals surface area contributed by atoms with Gasteiger partial charge in [-0.1, -0.05) is 19.3 Å². The third-order valence-electron chi connectivity index (χ3n) is 2.95. The SMILES string of the molecule is CC(OC(=O)C1CCCCC1)N(C)C.Cl. The molecule has 0 radical (unpaired) electrons. The fourth-order valence-electron chi connectivity index (χ4n) is 1.71. The summed E-state index contributed by atoms with van der Waals surface area (Å²) >= 11 is 0. The molecule has 1 saturated carbocycles. The number of carbonyl (C=O) groups is 1. The van der Waals surface area contributed by atoms with Crippen molar-refractivity contribution < 1.29 is 9.53 Å². The van der Waals surface area contributed by atoms with E-state index in [2.05, 4.69) is 0 Å². The predicted octanol–water partition coefficient (Wildman–Crippen LogP) is 2.44. The van der Waals surface area contributed by atoms with Crippen LogP contribution in [-0.4, -0.2) is 31.2 Å². The number of ether oxygens (including phenoxy) is 1. The summed E-state index contributed by atoms with van der Waals surface area (Å²) in [6.45, 7) is 1.90. The van der Waals surface area contributed by atoms with E-state index in [0.717, 1.165) is 12.8 Å². The maximum atomic E-state index is 11.7. The van der Waals surface area contributed by atoms with Gasteiger partial charge in [0, 0.05) is 0 Å². The first-order valence-electron chi connectivity index (χ1n) is 5.48. The topological polar surface area (TPSA) is 29.5 Å². The molecule has 0 amide bonds. The van der Waals surface area contributed by atoms with Crippen LogP contribution in [0.15, 0.2) is 0 Å². The molecule has 0 aromatic rings. The predicted molar refractivity (Wildman–Crippen MR) is 63.1 cm³/mol. The number of nitrogens with zero attached hydrogens (tertiary/aromatic N) is 1. The van der Waals surface area contributed by atoms with Gasteiger partial charge in [-0.25, -0.2) is 0 Å². The molecule has 0 heterocycles. The van der Waals surface area contributed by atoms with E-state index in [0.29, 0.717) is 0 Å². The summed E-state index contributed by atoms with van der Waals surface area (Å²) in [5, 5.41) is 0. The molecule has 4 heteroatoms. The Morgan fingerprint density at radius 2 is 1.80 bits per heavy atom. The van der Waals surface area contributed by atoms with Crippen LogP contribution < -0.4 is 0 Å². The zero-order chi connectivity index (χ0) is 10.6. The van der Waals surface area contributed by atoms with Crippen LogP contribution in [0.4, 0.5) is 0 Å². The fraction of sp³-hybridized carbons (Fsp3) is 0.909. The molecule has 90 valence electrons. The van der Waals surface area contributed by atoms with E-state index >= 15 is 0 Å². The van der Waals surface area contributed by atoms with Gasteiger partial charge in [-0.15, -0.1) is 12.4 Å². The van der Waals surface area contributed by atoms with Gasteiger partial charge in [0.25, 0.3) is 0 Å². The Bertz CT molecular complexity index is 191. The highest BCUT2D eigenvalue weighted by Gasteiger charge is 2.24. The monoisotopic (exact) mass is 235 g/mol. The molecule has 0 aliphatic heterocycles. The number of hydrogen-bond donors (Lipinski definition) is 0. The highest BCUT2D eigenvalue weighted by molar-refractivity contribution is 5.85. The van der Waals surface area contributed by atoms with Crippen LogP contribution >= 0.6 is 12.4 Å². The normalized spacial score (nSPS) is 19.5. The summed E-state index contributed by atoms with van der Waals surface area (Å²) in [5.74, 6) is 0.150. The molecule has 1 aliphatic rings. The highest BCUT2D eigenvalue weighted by Crippen LogP contribution is 2.25. The Morgan fingerprint density at radius 3 is 2.27 bits per heavy atom. The molecule has 1 fully saturated rings. The smallest absolute Gasteiger partial charge is 0.310 e. The maximum absolute atomic E-state index is 11.7. The second-order valence-electron chi connectivity index (χ2n) is 4.33. The van der Waals surface area contributed by atoms with Crippen molar-refractivity contribution in [2.75, 3.05) is 14.1 Å². The average Bonchev–Trinajstić information content (AvgIpc) is 2.19. The molecule has 1 aliphatic carbocycles. The zero-order valence-electron chi connectivity index (χ0n) is 9.86. The summed E-state index contributed by atoms with van der Waals surface area (Å²) in [6.07, 6.45) is 5.54. The Kier molecular flexibility index (Phi) is 6.94. The summed E-state index contributed by atoms with van der Waals surface area (Å²) in [7, 11) is 3.83. The number of carbonyl (C=O) groups excluding carboxylic acids is 1. The van der Waals surface area contributed by atoms with Gasteiger partial charge in [0.1, 0.15) is 0 Å². The molecule has 1 unspecified atom stereocenters. The number of esters is 1. The van der Waals surface area contributed by atoms with Gasteiger partial charge in [-0.05, 0) is 33.9 Å². The van der Waals surface area contributed by atoms with Crippen molar-refractivity contribution in [1.29, 1.82) is 0 Å². The van der Waals surface area contributed by atoms with Gasteiger partial charge < -0.3 is 4.74 Å². The van der Waals surface area contributed by atoms with E-state index in [1.807, 2.05) is 25.9 Å². The van der Waals surface area contributed by atoms with Crippen molar-refractivity contribution in [1.82, 2.24) is 4.90 Å². The van der Waals surface area contributed by atoms with Crippen molar-refractivity contribution in [2.45, 2.75) is 45.3 Å². The molecule has 0 aromatic heterocycles. The third kappa shape index (κ3) is 4.85. The first-order chi connectivity index (χ1) is 6.61. The highest BCUT2D eigenvalue weighted by atomic mass is 35.5. The summed E-state index contributed by atoms with van der Waals surface area (Å²) in [4.78, 5) is 13.6. The quantitative estimate of drug-likeness (QED) is 0.556. The van der Waals surface area contributed by atoms with Gasteiger partial charge in [0.2, 0.25) is 0 Å². The summed E-state index contributed by atoms with van der Waals surface area (Å²) < 4.78 is 5.34. The molecule has 0 N–H and O–H groups in total. The maximum Gasteiger partial charge on any atom is 0.310 e. The molecule has 0 saturated heterocycles. The Morgan fingerprint density at radius 1 is 1.27 bits per heavy atom. The number of rotatable bonds is 3. The largest absolute Gasteiger partial charge is 0.446 e. The van der Waals surface area contributed by atoms with Crippen LogP contribution in [0.25, 0.3) is 0 Å². The van der Waals surface area contributed by atoms with Crippen LogP contribution in [0, 0.1) is 5.92 Å². The lowest BCUT2D eigenvalue weighted by atomic mass is 9.89. The minimum absolute atomic E-state index is 0. The van der Waals surface area contributed by atoms with Crippen molar-refractivity contribution in [3.8, 4) is 0 Å².